The average Bonchev–Trinajstić information content (AvgIpc) is 2.33. The van der Waals surface area contributed by atoms with Gasteiger partial charge in [0.2, 0.25) is 5.91 Å². The van der Waals surface area contributed by atoms with Crippen LogP contribution in [-0.4, -0.2) is 69.3 Å². The molecule has 0 spiro atoms. The van der Waals surface area contributed by atoms with Gasteiger partial charge in [0.05, 0.1) is 12.6 Å². The Morgan fingerprint density at radius 1 is 1.53 bits per heavy atom. The van der Waals surface area contributed by atoms with E-state index in [9.17, 15) is 4.79 Å². The van der Waals surface area contributed by atoms with Gasteiger partial charge in [0.25, 0.3) is 0 Å². The lowest BCUT2D eigenvalue weighted by molar-refractivity contribution is -0.122. The zero-order valence-corrected chi connectivity index (χ0v) is 11.9. The fourth-order valence-electron chi connectivity index (χ4n) is 1.24. The van der Waals surface area contributed by atoms with Crippen molar-refractivity contribution in [3.8, 4) is 0 Å². The van der Waals surface area contributed by atoms with Crippen LogP contribution in [0.2, 0.25) is 0 Å². The van der Waals surface area contributed by atoms with Gasteiger partial charge in [-0.25, -0.2) is 0 Å². The minimum absolute atomic E-state index is 0.0563. The van der Waals surface area contributed by atoms with Crippen LogP contribution >= 0.6 is 11.8 Å². The lowest BCUT2D eigenvalue weighted by Gasteiger charge is -2.17. The molecule has 1 atom stereocenters. The topological polar surface area (TPSA) is 67.6 Å². The molecule has 0 bridgehead atoms. The first-order valence-electron chi connectivity index (χ1n) is 5.81. The Morgan fingerprint density at radius 3 is 2.82 bits per heavy atom. The highest BCUT2D eigenvalue weighted by Gasteiger charge is 2.11. The second-order valence-corrected chi connectivity index (χ2v) is 4.96. The molecule has 0 aromatic carbocycles. The van der Waals surface area contributed by atoms with E-state index >= 15 is 0 Å². The van der Waals surface area contributed by atoms with Gasteiger partial charge in [0.15, 0.2) is 0 Å². The Balaban J connectivity index is 3.55. The minimum Gasteiger partial charge on any atom is -0.383 e. The summed E-state index contributed by atoms with van der Waals surface area (Å²) < 4.78 is 4.97. The second kappa shape index (κ2) is 10.8. The Morgan fingerprint density at radius 2 is 2.24 bits per heavy atom. The van der Waals surface area contributed by atoms with Crippen molar-refractivity contribution in [1.29, 1.82) is 0 Å². The van der Waals surface area contributed by atoms with Gasteiger partial charge in [-0.2, -0.15) is 11.8 Å². The van der Waals surface area contributed by atoms with E-state index in [1.165, 1.54) is 0 Å². The molecule has 0 aliphatic heterocycles. The largest absolute Gasteiger partial charge is 0.383 e. The van der Waals surface area contributed by atoms with Crippen LogP contribution in [0.25, 0.3) is 0 Å². The lowest BCUT2D eigenvalue weighted by atomic mass is 10.2. The van der Waals surface area contributed by atoms with Gasteiger partial charge in [-0.05, 0) is 25.5 Å². The van der Waals surface area contributed by atoms with E-state index < -0.39 is 0 Å². The maximum Gasteiger partial charge on any atom is 0.236 e. The van der Waals surface area contributed by atoms with Gasteiger partial charge in [-0.3, -0.25) is 4.79 Å². The third-order valence-electron chi connectivity index (χ3n) is 2.44. The molecule has 0 aliphatic rings. The highest BCUT2D eigenvalue weighted by atomic mass is 32.2. The van der Waals surface area contributed by atoms with Gasteiger partial charge in [0.1, 0.15) is 0 Å². The van der Waals surface area contributed by atoms with Crippen LogP contribution in [0.4, 0.5) is 0 Å². The molecule has 0 saturated carbocycles. The van der Waals surface area contributed by atoms with Crippen LogP contribution in [0, 0.1) is 0 Å². The number of hydrogen-bond acceptors (Lipinski definition) is 5. The quantitative estimate of drug-likeness (QED) is 0.569. The first kappa shape index (κ1) is 16.7. The molecule has 0 saturated heterocycles. The molecule has 17 heavy (non-hydrogen) atoms. The zero-order valence-electron chi connectivity index (χ0n) is 11.1. The van der Waals surface area contributed by atoms with Crippen LogP contribution in [-0.2, 0) is 9.53 Å². The number of thioether (sulfide) groups is 1. The smallest absolute Gasteiger partial charge is 0.236 e. The van der Waals surface area contributed by atoms with E-state index in [1.807, 2.05) is 13.3 Å². The standard InChI is InChI=1S/C11H25N3O2S/c1-14(7-8-16-2)6-5-13-11(15)10(12)4-9-17-3/h10H,4-9,12H2,1-3H3,(H,13,15)/t10-/m1/s1. The number of hydrogen-bond donors (Lipinski definition) is 2. The fraction of sp³-hybridized carbons (Fsp3) is 0.909. The molecular formula is C11H25N3O2S. The molecule has 102 valence electrons. The third-order valence-corrected chi connectivity index (χ3v) is 3.08. The van der Waals surface area contributed by atoms with Crippen molar-refractivity contribution in [3.05, 3.63) is 0 Å². The maximum absolute atomic E-state index is 11.6. The highest BCUT2D eigenvalue weighted by Crippen LogP contribution is 1.98. The summed E-state index contributed by atoms with van der Waals surface area (Å²) in [4.78, 5) is 13.7. The van der Waals surface area contributed by atoms with Gasteiger partial charge in [0, 0.05) is 26.7 Å². The number of carbonyl (C=O) groups excluding carboxylic acids is 1. The van der Waals surface area contributed by atoms with Gasteiger partial charge >= 0.3 is 0 Å². The third kappa shape index (κ3) is 9.41. The molecule has 0 unspecified atom stereocenters. The first-order chi connectivity index (χ1) is 8.11. The summed E-state index contributed by atoms with van der Waals surface area (Å²) >= 11 is 1.70. The normalized spacial score (nSPS) is 12.8. The van der Waals surface area contributed by atoms with E-state index in [4.69, 9.17) is 10.5 Å². The number of likely N-dealkylation sites (N-methyl/N-ethyl adjacent to an activating group) is 1. The molecule has 0 aliphatic carbocycles. The summed E-state index contributed by atoms with van der Waals surface area (Å²) in [5.41, 5.74) is 5.74. The Bertz CT molecular complexity index is 205. The van der Waals surface area contributed by atoms with Crippen molar-refractivity contribution in [2.24, 2.45) is 5.73 Å². The minimum atomic E-state index is -0.383. The SMILES string of the molecule is COCCN(C)CCNC(=O)[C@H](N)CCSC. The number of rotatable bonds is 10. The Hall–Kier alpha value is -0.300. The number of nitrogens with two attached hydrogens (primary N) is 1. The second-order valence-electron chi connectivity index (χ2n) is 3.98. The number of nitrogens with zero attached hydrogens (tertiary/aromatic N) is 1. The Kier molecular flexibility index (Phi) is 10.6. The number of methoxy groups -OCH3 is 1. The monoisotopic (exact) mass is 263 g/mol. The summed E-state index contributed by atoms with van der Waals surface area (Å²) in [6.07, 6.45) is 2.74. The molecule has 0 rings (SSSR count). The van der Waals surface area contributed by atoms with Gasteiger partial charge in [-0.1, -0.05) is 0 Å². The van der Waals surface area contributed by atoms with Crippen molar-refractivity contribution in [3.63, 3.8) is 0 Å². The molecule has 0 aromatic rings. The lowest BCUT2D eigenvalue weighted by Crippen LogP contribution is -2.43. The Labute approximate surface area is 108 Å². The number of amides is 1. The van der Waals surface area contributed by atoms with Crippen molar-refractivity contribution < 1.29 is 9.53 Å². The molecule has 5 nitrogen and oxygen atoms in total. The molecule has 0 fully saturated rings. The van der Waals surface area contributed by atoms with Crippen LogP contribution in [0.3, 0.4) is 0 Å². The van der Waals surface area contributed by atoms with Crippen molar-refractivity contribution >= 4 is 17.7 Å². The molecule has 1 amide bonds. The van der Waals surface area contributed by atoms with Crippen molar-refractivity contribution in [1.82, 2.24) is 10.2 Å². The molecule has 0 radical (unpaired) electrons. The molecule has 3 N–H and O–H groups in total. The van der Waals surface area contributed by atoms with E-state index in [0.29, 0.717) is 13.2 Å². The summed E-state index contributed by atoms with van der Waals surface area (Å²) in [6, 6.07) is -0.383. The summed E-state index contributed by atoms with van der Waals surface area (Å²) in [7, 11) is 3.68. The van der Waals surface area contributed by atoms with E-state index in [0.717, 1.165) is 25.3 Å². The van der Waals surface area contributed by atoms with Crippen molar-refractivity contribution in [2.75, 3.05) is 52.4 Å². The zero-order chi connectivity index (χ0) is 13.1. The highest BCUT2D eigenvalue weighted by molar-refractivity contribution is 7.98. The van der Waals surface area contributed by atoms with Gasteiger partial charge in [-0.15, -0.1) is 0 Å². The summed E-state index contributed by atoms with van der Waals surface area (Å²) in [5.74, 6) is 0.863. The molecule has 6 heteroatoms. The summed E-state index contributed by atoms with van der Waals surface area (Å²) in [6.45, 7) is 3.01. The number of nitrogens with one attached hydrogen (secondary N) is 1. The van der Waals surface area contributed by atoms with E-state index in [2.05, 4.69) is 10.2 Å². The van der Waals surface area contributed by atoms with Crippen LogP contribution < -0.4 is 11.1 Å². The molecule has 0 heterocycles. The molecule has 0 aromatic heterocycles. The number of ether oxygens (including phenoxy) is 1. The predicted molar refractivity (Wildman–Crippen MR) is 73.4 cm³/mol. The fourth-order valence-corrected chi connectivity index (χ4v) is 1.73. The van der Waals surface area contributed by atoms with Gasteiger partial charge < -0.3 is 20.7 Å². The maximum atomic E-state index is 11.6. The van der Waals surface area contributed by atoms with Crippen LogP contribution in [0.1, 0.15) is 6.42 Å². The average molecular weight is 263 g/mol. The molecular weight excluding hydrogens is 238 g/mol. The van der Waals surface area contributed by atoms with Crippen LogP contribution in [0.5, 0.6) is 0 Å². The number of carbonyl (C=O) groups is 1. The predicted octanol–water partition coefficient (Wildman–Crippen LogP) is -0.239. The first-order valence-corrected chi connectivity index (χ1v) is 7.21. The van der Waals surface area contributed by atoms with E-state index in [1.54, 1.807) is 18.9 Å². The summed E-state index contributed by atoms with van der Waals surface area (Å²) in [5, 5.41) is 2.84. The van der Waals surface area contributed by atoms with Crippen LogP contribution in [0.15, 0.2) is 0 Å². The van der Waals surface area contributed by atoms with Crippen molar-refractivity contribution in [2.45, 2.75) is 12.5 Å². The van der Waals surface area contributed by atoms with E-state index in [-0.39, 0.29) is 11.9 Å².